The molecule has 2 heterocycles. The fourth-order valence-corrected chi connectivity index (χ4v) is 5.71. The Balaban J connectivity index is 1.46. The summed E-state index contributed by atoms with van der Waals surface area (Å²) in [6.07, 6.45) is 4.73. The van der Waals surface area contributed by atoms with E-state index in [-0.39, 0.29) is 48.3 Å². The fourth-order valence-electron chi connectivity index (χ4n) is 4.73. The number of fused-ring (bicyclic) bond motifs is 3. The van der Waals surface area contributed by atoms with Gasteiger partial charge in [-0.15, -0.1) is 0 Å². The van der Waals surface area contributed by atoms with Crippen LogP contribution in [0.4, 0.5) is 4.39 Å². The number of halogens is 1. The van der Waals surface area contributed by atoms with Crippen LogP contribution < -0.4 is 10.7 Å². The van der Waals surface area contributed by atoms with Gasteiger partial charge in [-0.05, 0) is 43.9 Å². The predicted octanol–water partition coefficient (Wildman–Crippen LogP) is 3.22. The number of amidine groups is 1. The van der Waals surface area contributed by atoms with E-state index < -0.39 is 0 Å². The molecule has 9 heteroatoms. The topological polar surface area (TPSA) is 77.0 Å². The zero-order valence-corrected chi connectivity index (χ0v) is 19.5. The average Bonchev–Trinajstić information content (AvgIpc) is 3.21. The van der Waals surface area contributed by atoms with E-state index in [0.29, 0.717) is 12.3 Å². The van der Waals surface area contributed by atoms with Crippen molar-refractivity contribution in [3.8, 4) is 0 Å². The molecule has 0 bridgehead atoms. The van der Waals surface area contributed by atoms with Crippen LogP contribution in [0.15, 0.2) is 29.4 Å². The number of carbonyl (C=O) groups is 2. The molecular weight excluding hydrogens is 429 g/mol. The minimum atomic E-state index is -0.367. The van der Waals surface area contributed by atoms with Gasteiger partial charge in [-0.3, -0.25) is 15.0 Å². The van der Waals surface area contributed by atoms with E-state index in [4.69, 9.17) is 0 Å². The number of rotatable bonds is 7. The largest absolute Gasteiger partial charge is 0.354 e. The van der Waals surface area contributed by atoms with Crippen LogP contribution in [0.5, 0.6) is 0 Å². The molecule has 0 aromatic heterocycles. The first-order valence-corrected chi connectivity index (χ1v) is 12.5. The molecule has 1 saturated heterocycles. The first-order valence-electron chi connectivity index (χ1n) is 11.6. The van der Waals surface area contributed by atoms with Crippen LogP contribution in [0.3, 0.4) is 0 Å². The Morgan fingerprint density at radius 3 is 2.97 bits per heavy atom. The van der Waals surface area contributed by atoms with Gasteiger partial charge in [0, 0.05) is 30.8 Å². The van der Waals surface area contributed by atoms with Gasteiger partial charge in [-0.25, -0.2) is 4.39 Å². The van der Waals surface area contributed by atoms with Gasteiger partial charge in [0.25, 0.3) is 0 Å². The third-order valence-corrected chi connectivity index (χ3v) is 7.64. The molecule has 4 rings (SSSR count). The van der Waals surface area contributed by atoms with E-state index in [0.717, 1.165) is 42.8 Å². The number of hydrogen-bond donors (Lipinski definition) is 2. The average molecular weight is 462 g/mol. The van der Waals surface area contributed by atoms with Crippen LogP contribution in [-0.2, 0) is 15.3 Å². The van der Waals surface area contributed by atoms with Crippen molar-refractivity contribution in [3.05, 3.63) is 35.6 Å². The fraction of sp³-hybridized carbons (Fsp3) is 0.609. The maximum Gasteiger partial charge on any atom is 0.230 e. The molecule has 2 fully saturated rings. The van der Waals surface area contributed by atoms with E-state index in [1.54, 1.807) is 28.8 Å². The van der Waals surface area contributed by atoms with Crippen molar-refractivity contribution in [2.45, 2.75) is 76.5 Å². The van der Waals surface area contributed by atoms with Crippen molar-refractivity contribution >= 4 is 28.7 Å². The molecule has 4 atom stereocenters. The molecule has 2 aliphatic heterocycles. The molecule has 3 aliphatic rings. The van der Waals surface area contributed by atoms with Crippen LogP contribution in [0.2, 0.25) is 0 Å². The number of nitrogens with zero attached hydrogens (tertiary/aromatic N) is 3. The molecule has 7 nitrogen and oxygen atoms in total. The second-order valence-electron chi connectivity index (χ2n) is 8.84. The van der Waals surface area contributed by atoms with E-state index in [2.05, 4.69) is 20.7 Å². The third-order valence-electron chi connectivity index (χ3n) is 6.60. The van der Waals surface area contributed by atoms with Gasteiger partial charge in [0.2, 0.25) is 11.8 Å². The summed E-state index contributed by atoms with van der Waals surface area (Å²) in [5, 5.41) is 8.36. The van der Waals surface area contributed by atoms with Crippen molar-refractivity contribution in [1.82, 2.24) is 20.5 Å². The van der Waals surface area contributed by atoms with Crippen molar-refractivity contribution in [2.24, 2.45) is 11.0 Å². The molecule has 4 unspecified atom stereocenters. The third kappa shape index (κ3) is 4.87. The molecule has 1 saturated carbocycles. The molecular formula is C23H32FN5O2S. The second kappa shape index (κ2) is 10.1. The summed E-state index contributed by atoms with van der Waals surface area (Å²) in [5.74, 6) is 0.364. The first kappa shape index (κ1) is 22.9. The minimum absolute atomic E-state index is 0.0379. The van der Waals surface area contributed by atoms with Gasteiger partial charge in [-0.2, -0.15) is 5.10 Å². The number of amides is 2. The highest BCUT2D eigenvalue weighted by Crippen LogP contribution is 2.39. The molecule has 2 amide bonds. The maximum absolute atomic E-state index is 13.6. The van der Waals surface area contributed by atoms with Crippen LogP contribution in [0.1, 0.15) is 57.9 Å². The molecule has 32 heavy (non-hydrogen) atoms. The monoisotopic (exact) mass is 461 g/mol. The molecule has 1 aromatic carbocycles. The second-order valence-corrected chi connectivity index (χ2v) is 9.78. The van der Waals surface area contributed by atoms with Gasteiger partial charge in [-0.1, -0.05) is 43.7 Å². The Labute approximate surface area is 193 Å². The highest BCUT2D eigenvalue weighted by atomic mass is 32.2. The van der Waals surface area contributed by atoms with E-state index in [1.807, 2.05) is 19.9 Å². The van der Waals surface area contributed by atoms with Gasteiger partial charge in [0.1, 0.15) is 5.82 Å². The number of nitrogens with one attached hydrogen (secondary N) is 2. The number of thioether (sulfide) groups is 1. The summed E-state index contributed by atoms with van der Waals surface area (Å²) in [4.78, 5) is 29.7. The maximum atomic E-state index is 13.6. The minimum Gasteiger partial charge on any atom is -0.354 e. The number of benzene rings is 1. The molecule has 1 aromatic rings. The van der Waals surface area contributed by atoms with Crippen molar-refractivity contribution in [3.63, 3.8) is 0 Å². The Morgan fingerprint density at radius 2 is 2.19 bits per heavy atom. The highest BCUT2D eigenvalue weighted by Gasteiger charge is 2.50. The van der Waals surface area contributed by atoms with Crippen molar-refractivity contribution in [1.29, 1.82) is 0 Å². The van der Waals surface area contributed by atoms with Crippen LogP contribution in [0.25, 0.3) is 0 Å². The first-order chi connectivity index (χ1) is 15.5. The van der Waals surface area contributed by atoms with Gasteiger partial charge < -0.3 is 15.1 Å². The summed E-state index contributed by atoms with van der Waals surface area (Å²) in [6.45, 7) is 4.37. The molecule has 0 radical (unpaired) electrons. The van der Waals surface area contributed by atoms with Gasteiger partial charge >= 0.3 is 0 Å². The predicted molar refractivity (Wildman–Crippen MR) is 124 cm³/mol. The smallest absolute Gasteiger partial charge is 0.230 e. The van der Waals surface area contributed by atoms with Crippen molar-refractivity contribution < 1.29 is 14.0 Å². The standard InChI is InChI=1S/C23H32FN5O2S/c1-3-15(2)25-20(30)11-12-28-21(31)18-9-4-5-10-19(18)29-22(28)26-27-23(29)32-14-16-7-6-8-17(24)13-16/h6-8,13,15,18-19,22,26H,3-5,9-12,14H2,1-2H3,(H,25,30). The van der Waals surface area contributed by atoms with Crippen molar-refractivity contribution in [2.75, 3.05) is 6.54 Å². The Morgan fingerprint density at radius 1 is 1.38 bits per heavy atom. The molecule has 174 valence electrons. The van der Waals surface area contributed by atoms with E-state index >= 15 is 0 Å². The van der Waals surface area contributed by atoms with Gasteiger partial charge in [0.15, 0.2) is 11.5 Å². The summed E-state index contributed by atoms with van der Waals surface area (Å²) in [6, 6.07) is 6.83. The zero-order chi connectivity index (χ0) is 22.7. The lowest BCUT2D eigenvalue weighted by atomic mass is 9.81. The highest BCUT2D eigenvalue weighted by molar-refractivity contribution is 8.13. The lowest BCUT2D eigenvalue weighted by molar-refractivity contribution is -0.155. The van der Waals surface area contributed by atoms with Crippen LogP contribution in [0, 0.1) is 11.7 Å². The molecule has 2 N–H and O–H groups in total. The Bertz CT molecular complexity index is 882. The summed E-state index contributed by atoms with van der Waals surface area (Å²) >= 11 is 1.56. The lowest BCUT2D eigenvalue weighted by Gasteiger charge is -2.50. The van der Waals surface area contributed by atoms with Crippen LogP contribution >= 0.6 is 11.8 Å². The lowest BCUT2D eigenvalue weighted by Crippen LogP contribution is -2.67. The number of hydrazone groups is 1. The summed E-state index contributed by atoms with van der Waals surface area (Å²) < 4.78 is 13.6. The van der Waals surface area contributed by atoms with E-state index in [9.17, 15) is 14.0 Å². The Hall–Kier alpha value is -2.29. The molecule has 0 spiro atoms. The zero-order valence-electron chi connectivity index (χ0n) is 18.7. The summed E-state index contributed by atoms with van der Waals surface area (Å²) in [7, 11) is 0. The quantitative estimate of drug-likeness (QED) is 0.652. The normalized spacial score (nSPS) is 25.5. The van der Waals surface area contributed by atoms with Crippen LogP contribution in [-0.4, -0.2) is 51.7 Å². The SMILES string of the molecule is CCC(C)NC(=O)CCN1C(=O)C2CCCCC2N2C(SCc3cccc(F)c3)=NNC12. The van der Waals surface area contributed by atoms with Gasteiger partial charge in [0.05, 0.1) is 5.92 Å². The van der Waals surface area contributed by atoms with E-state index in [1.165, 1.54) is 6.07 Å². The summed E-state index contributed by atoms with van der Waals surface area (Å²) in [5.41, 5.74) is 4.03. The number of carbonyl (C=O) groups excluding carboxylic acids is 2. The number of hydrogen-bond acceptors (Lipinski definition) is 6. The Kier molecular flexibility index (Phi) is 7.23. The molecule has 1 aliphatic carbocycles.